The largest absolute Gasteiger partial charge is 0.507 e. The molecule has 0 fully saturated rings. The molecule has 0 aliphatic rings. The Kier molecular flexibility index (Phi) is 10.9. The van der Waals surface area contributed by atoms with Crippen molar-refractivity contribution < 1.29 is 24.5 Å². The quantitative estimate of drug-likeness (QED) is 0.235. The number of unbranched alkanes of at least 4 members (excludes halogenated alkanes) is 7. The van der Waals surface area contributed by atoms with E-state index in [1.807, 2.05) is 20.8 Å². The molecule has 0 saturated heterocycles. The Morgan fingerprint density at radius 3 is 2.10 bits per heavy atom. The molecule has 5 heteroatoms. The minimum absolute atomic E-state index is 0.0514. The smallest absolute Gasteiger partial charge is 0.320 e. The molecule has 0 aliphatic carbocycles. The Balaban J connectivity index is 2.59. The van der Waals surface area contributed by atoms with Crippen LogP contribution >= 0.6 is 0 Å². The number of aromatic hydroxyl groups is 1. The zero-order valence-electron chi connectivity index (χ0n) is 19.4. The number of phenolic OH excluding ortho intramolecular Hbond substituents is 1. The molecule has 0 radical (unpaired) electrons. The van der Waals surface area contributed by atoms with E-state index < -0.39 is 17.9 Å². The molecule has 0 amide bonds. The van der Waals surface area contributed by atoms with Gasteiger partial charge in [-0.15, -0.1) is 0 Å². The summed E-state index contributed by atoms with van der Waals surface area (Å²) in [5.74, 6) is -2.89. The van der Waals surface area contributed by atoms with E-state index in [9.17, 15) is 19.8 Å². The molecule has 1 unspecified atom stereocenters. The lowest BCUT2D eigenvalue weighted by Gasteiger charge is -2.23. The van der Waals surface area contributed by atoms with E-state index in [0.29, 0.717) is 11.1 Å². The molecule has 1 aromatic carbocycles. The highest BCUT2D eigenvalue weighted by Gasteiger charge is 2.29. The molecule has 30 heavy (non-hydrogen) atoms. The van der Waals surface area contributed by atoms with Crippen LogP contribution in [0.5, 0.6) is 5.75 Å². The molecule has 0 bridgehead atoms. The van der Waals surface area contributed by atoms with E-state index in [4.69, 9.17) is 4.74 Å². The molecule has 1 aromatic rings. The summed E-state index contributed by atoms with van der Waals surface area (Å²) < 4.78 is 5.27. The van der Waals surface area contributed by atoms with Gasteiger partial charge in [0.15, 0.2) is 5.92 Å². The second kappa shape index (κ2) is 12.6. The molecule has 2 N–H and O–H groups in total. The summed E-state index contributed by atoms with van der Waals surface area (Å²) in [5, 5.41) is 19.9. The maximum atomic E-state index is 12.4. The fourth-order valence-corrected chi connectivity index (χ4v) is 3.56. The van der Waals surface area contributed by atoms with Gasteiger partial charge in [-0.3, -0.25) is 9.59 Å². The van der Waals surface area contributed by atoms with Crippen LogP contribution in [-0.4, -0.2) is 28.8 Å². The summed E-state index contributed by atoms with van der Waals surface area (Å²) in [4.78, 5) is 24.1. The molecule has 0 aliphatic heterocycles. The number of benzene rings is 1. The Hall–Kier alpha value is -2.04. The van der Waals surface area contributed by atoms with Crippen LogP contribution < -0.4 is 0 Å². The van der Waals surface area contributed by atoms with E-state index in [0.717, 1.165) is 24.8 Å². The fraction of sp³-hybridized carbons (Fsp3) is 0.680. The van der Waals surface area contributed by atoms with E-state index >= 15 is 0 Å². The van der Waals surface area contributed by atoms with Crippen molar-refractivity contribution in [1.29, 1.82) is 0 Å². The van der Waals surface area contributed by atoms with Crippen molar-refractivity contribution in [1.82, 2.24) is 0 Å². The van der Waals surface area contributed by atoms with E-state index in [2.05, 4.69) is 6.92 Å². The molecule has 0 saturated carbocycles. The summed E-state index contributed by atoms with van der Waals surface area (Å²) in [7, 11) is 0. The zero-order valence-corrected chi connectivity index (χ0v) is 19.4. The van der Waals surface area contributed by atoms with Gasteiger partial charge >= 0.3 is 11.9 Å². The minimum Gasteiger partial charge on any atom is -0.507 e. The third-order valence-electron chi connectivity index (χ3n) is 5.43. The van der Waals surface area contributed by atoms with Gasteiger partial charge in [-0.05, 0) is 41.9 Å². The third-order valence-corrected chi connectivity index (χ3v) is 5.43. The van der Waals surface area contributed by atoms with Gasteiger partial charge in [0.1, 0.15) is 5.75 Å². The SMILES string of the molecule is CCCCCCCCCCOC(=O)C(Cc1cc(C)c(O)c(C(C)(C)C)c1)C(=O)O. The summed E-state index contributed by atoms with van der Waals surface area (Å²) in [6, 6.07) is 3.54. The van der Waals surface area contributed by atoms with E-state index in [-0.39, 0.29) is 24.2 Å². The van der Waals surface area contributed by atoms with Crippen molar-refractivity contribution in [2.24, 2.45) is 5.92 Å². The van der Waals surface area contributed by atoms with Crippen molar-refractivity contribution in [2.75, 3.05) is 6.61 Å². The summed E-state index contributed by atoms with van der Waals surface area (Å²) >= 11 is 0. The first kappa shape index (κ1) is 26.0. The number of esters is 1. The lowest BCUT2D eigenvalue weighted by Crippen LogP contribution is -2.28. The summed E-state index contributed by atoms with van der Waals surface area (Å²) in [6.45, 7) is 10.2. The fourth-order valence-electron chi connectivity index (χ4n) is 3.56. The Bertz CT molecular complexity index is 688. The monoisotopic (exact) mass is 420 g/mol. The number of carbonyl (C=O) groups is 2. The van der Waals surface area contributed by atoms with Crippen LogP contribution in [0.4, 0.5) is 0 Å². The van der Waals surface area contributed by atoms with Crippen molar-refractivity contribution in [3.05, 3.63) is 28.8 Å². The van der Waals surface area contributed by atoms with Crippen LogP contribution in [0.1, 0.15) is 95.8 Å². The number of rotatable bonds is 13. The normalized spacial score (nSPS) is 12.6. The number of carboxylic acid groups (broad SMARTS) is 1. The van der Waals surface area contributed by atoms with E-state index in [1.165, 1.54) is 32.1 Å². The average Bonchev–Trinajstić information content (AvgIpc) is 2.65. The van der Waals surface area contributed by atoms with Gasteiger partial charge in [0.25, 0.3) is 0 Å². The second-order valence-corrected chi connectivity index (χ2v) is 9.30. The number of aryl methyl sites for hydroxylation is 1. The maximum Gasteiger partial charge on any atom is 0.320 e. The van der Waals surface area contributed by atoms with Crippen LogP contribution in [0.3, 0.4) is 0 Å². The highest BCUT2D eigenvalue weighted by Crippen LogP contribution is 2.34. The number of phenols is 1. The van der Waals surface area contributed by atoms with E-state index in [1.54, 1.807) is 19.1 Å². The lowest BCUT2D eigenvalue weighted by atomic mass is 9.83. The number of aliphatic carboxylic acids is 1. The van der Waals surface area contributed by atoms with Crippen LogP contribution in [0.25, 0.3) is 0 Å². The first-order valence-corrected chi connectivity index (χ1v) is 11.3. The Morgan fingerprint density at radius 2 is 1.57 bits per heavy atom. The van der Waals surface area contributed by atoms with Crippen molar-refractivity contribution in [3.63, 3.8) is 0 Å². The topological polar surface area (TPSA) is 83.8 Å². The molecule has 5 nitrogen and oxygen atoms in total. The van der Waals surface area contributed by atoms with Crippen molar-refractivity contribution >= 4 is 11.9 Å². The van der Waals surface area contributed by atoms with Gasteiger partial charge in [0.05, 0.1) is 6.61 Å². The lowest BCUT2D eigenvalue weighted by molar-refractivity contribution is -0.158. The number of carbonyl (C=O) groups excluding carboxylic acids is 1. The molecular weight excluding hydrogens is 380 g/mol. The molecular formula is C25H40O5. The van der Waals surface area contributed by atoms with Gasteiger partial charge in [-0.1, -0.05) is 84.8 Å². The molecule has 0 spiro atoms. The minimum atomic E-state index is -1.24. The molecule has 0 heterocycles. The first-order chi connectivity index (χ1) is 14.1. The first-order valence-electron chi connectivity index (χ1n) is 11.3. The number of ether oxygens (including phenoxy) is 1. The Morgan fingerprint density at radius 1 is 1.00 bits per heavy atom. The number of hydrogen-bond donors (Lipinski definition) is 2. The highest BCUT2D eigenvalue weighted by atomic mass is 16.5. The van der Waals surface area contributed by atoms with Gasteiger partial charge in [0.2, 0.25) is 0 Å². The average molecular weight is 421 g/mol. The summed E-state index contributed by atoms with van der Waals surface area (Å²) in [6.07, 6.45) is 9.16. The van der Waals surface area contributed by atoms with Gasteiger partial charge in [-0.2, -0.15) is 0 Å². The molecule has 1 rings (SSSR count). The molecule has 1 atom stereocenters. The third kappa shape index (κ3) is 8.76. The maximum absolute atomic E-state index is 12.4. The number of carboxylic acids is 1. The van der Waals surface area contributed by atoms with Crippen LogP contribution in [0.15, 0.2) is 12.1 Å². The molecule has 170 valence electrons. The predicted molar refractivity (Wildman–Crippen MR) is 120 cm³/mol. The zero-order chi connectivity index (χ0) is 22.7. The predicted octanol–water partition coefficient (Wildman–Crippen LogP) is 5.93. The second-order valence-electron chi connectivity index (χ2n) is 9.30. The Labute approximate surface area is 181 Å². The highest BCUT2D eigenvalue weighted by molar-refractivity contribution is 5.94. The van der Waals surface area contributed by atoms with Crippen molar-refractivity contribution in [2.45, 2.75) is 97.8 Å². The van der Waals surface area contributed by atoms with Crippen LogP contribution in [-0.2, 0) is 26.2 Å². The summed E-state index contributed by atoms with van der Waals surface area (Å²) in [5.41, 5.74) is 1.84. The van der Waals surface area contributed by atoms with Gasteiger partial charge < -0.3 is 14.9 Å². The number of hydrogen-bond acceptors (Lipinski definition) is 4. The van der Waals surface area contributed by atoms with Crippen LogP contribution in [0, 0.1) is 12.8 Å². The van der Waals surface area contributed by atoms with Crippen molar-refractivity contribution in [3.8, 4) is 5.75 Å². The molecule has 0 aromatic heterocycles. The van der Waals surface area contributed by atoms with Gasteiger partial charge in [-0.25, -0.2) is 0 Å². The van der Waals surface area contributed by atoms with Crippen LogP contribution in [0.2, 0.25) is 0 Å². The van der Waals surface area contributed by atoms with Gasteiger partial charge in [0, 0.05) is 0 Å². The standard InChI is InChI=1S/C25H40O5/c1-6-7-8-9-10-11-12-13-14-30-24(29)20(23(27)28)16-19-15-18(2)22(26)21(17-19)25(3,4)5/h15,17,20,26H,6-14,16H2,1-5H3,(H,27,28).